The van der Waals surface area contributed by atoms with Crippen molar-refractivity contribution in [2.24, 2.45) is 0 Å². The number of ether oxygens (including phenoxy) is 2. The molecule has 2 aliphatic rings. The zero-order valence-corrected chi connectivity index (χ0v) is 21.5. The first-order valence-electron chi connectivity index (χ1n) is 12.6. The standard InChI is InChI=1S/C30H27N5O3/c1-18-16-34(17-27-35(18)30(36)19(2)38-27)26-12-11-22(14-32-26)25-15-33-28-23(5-4-6-24(28)29(25)37-3)21-9-7-20(13-31)8-10-21/h4-12,14-15,18-19,27H,16-17H2,1-3H3/t18-,19?,27?/m0/s1. The summed E-state index contributed by atoms with van der Waals surface area (Å²) in [6.45, 7) is 5.14. The average Bonchev–Trinajstić information content (AvgIpc) is 3.25. The Morgan fingerprint density at radius 3 is 2.47 bits per heavy atom. The highest BCUT2D eigenvalue weighted by Crippen LogP contribution is 2.39. The van der Waals surface area contributed by atoms with E-state index in [1.54, 1.807) is 7.11 Å². The molecular weight excluding hydrogens is 478 g/mol. The van der Waals surface area contributed by atoms with Crippen LogP contribution < -0.4 is 9.64 Å². The molecule has 0 N–H and O–H groups in total. The van der Waals surface area contributed by atoms with Crippen LogP contribution in [0.4, 0.5) is 5.82 Å². The van der Waals surface area contributed by atoms with Gasteiger partial charge < -0.3 is 19.3 Å². The minimum absolute atomic E-state index is 0.0442. The largest absolute Gasteiger partial charge is 0.495 e. The molecular formula is C30H27N5O3. The van der Waals surface area contributed by atoms with Crippen molar-refractivity contribution >= 4 is 22.6 Å². The van der Waals surface area contributed by atoms with Crippen molar-refractivity contribution in [2.45, 2.75) is 32.2 Å². The third-order valence-electron chi connectivity index (χ3n) is 7.37. The van der Waals surface area contributed by atoms with E-state index in [9.17, 15) is 4.79 Å². The molecule has 2 fully saturated rings. The van der Waals surface area contributed by atoms with Gasteiger partial charge in [-0.15, -0.1) is 0 Å². The molecule has 4 heterocycles. The number of carbonyl (C=O) groups excluding carboxylic acids is 1. The molecule has 190 valence electrons. The number of nitriles is 1. The van der Waals surface area contributed by atoms with Crippen LogP contribution in [-0.4, -0.2) is 59.3 Å². The highest BCUT2D eigenvalue weighted by molar-refractivity contribution is 6.00. The summed E-state index contributed by atoms with van der Waals surface area (Å²) >= 11 is 0. The summed E-state index contributed by atoms with van der Waals surface area (Å²) < 4.78 is 11.8. The van der Waals surface area contributed by atoms with E-state index in [-0.39, 0.29) is 18.2 Å². The van der Waals surface area contributed by atoms with Gasteiger partial charge in [0.2, 0.25) is 0 Å². The molecule has 38 heavy (non-hydrogen) atoms. The molecule has 2 saturated heterocycles. The van der Waals surface area contributed by atoms with Crippen molar-refractivity contribution in [3.8, 4) is 34.1 Å². The molecule has 0 bridgehead atoms. The van der Waals surface area contributed by atoms with Crippen molar-refractivity contribution < 1.29 is 14.3 Å². The monoisotopic (exact) mass is 505 g/mol. The van der Waals surface area contributed by atoms with Crippen LogP contribution in [0.1, 0.15) is 19.4 Å². The smallest absolute Gasteiger partial charge is 0.253 e. The Morgan fingerprint density at radius 1 is 0.974 bits per heavy atom. The highest BCUT2D eigenvalue weighted by Gasteiger charge is 2.44. The first kappa shape index (κ1) is 23.9. The average molecular weight is 506 g/mol. The fourth-order valence-electron chi connectivity index (χ4n) is 5.51. The predicted octanol–water partition coefficient (Wildman–Crippen LogP) is 4.63. The number of amides is 1. The molecule has 2 aliphatic heterocycles. The van der Waals surface area contributed by atoms with E-state index in [1.165, 1.54) is 0 Å². The summed E-state index contributed by atoms with van der Waals surface area (Å²) in [5.41, 5.74) is 5.16. The number of pyridine rings is 2. The van der Waals surface area contributed by atoms with E-state index in [4.69, 9.17) is 24.7 Å². The topological polar surface area (TPSA) is 91.6 Å². The molecule has 8 nitrogen and oxygen atoms in total. The van der Waals surface area contributed by atoms with E-state index in [0.29, 0.717) is 18.7 Å². The van der Waals surface area contributed by atoms with Gasteiger partial charge in [-0.3, -0.25) is 9.78 Å². The van der Waals surface area contributed by atoms with Crippen LogP contribution in [-0.2, 0) is 9.53 Å². The molecule has 8 heteroatoms. The second-order valence-electron chi connectivity index (χ2n) is 9.73. The maximum atomic E-state index is 12.4. The normalized spacial score (nSPS) is 20.9. The second kappa shape index (κ2) is 9.43. The summed E-state index contributed by atoms with van der Waals surface area (Å²) in [6.07, 6.45) is 3.01. The van der Waals surface area contributed by atoms with E-state index in [2.05, 4.69) is 11.0 Å². The van der Waals surface area contributed by atoms with Crippen molar-refractivity contribution in [3.05, 3.63) is 72.6 Å². The fraction of sp³-hybridized carbons (Fsp3) is 0.267. The van der Waals surface area contributed by atoms with Gasteiger partial charge in [-0.2, -0.15) is 5.26 Å². The summed E-state index contributed by atoms with van der Waals surface area (Å²) in [5.74, 6) is 1.63. The van der Waals surface area contributed by atoms with Crippen LogP contribution in [0, 0.1) is 11.3 Å². The van der Waals surface area contributed by atoms with Crippen molar-refractivity contribution in [1.29, 1.82) is 5.26 Å². The van der Waals surface area contributed by atoms with Crippen LogP contribution >= 0.6 is 0 Å². The first-order chi connectivity index (χ1) is 18.5. The molecule has 2 unspecified atom stereocenters. The number of benzene rings is 2. The predicted molar refractivity (Wildman–Crippen MR) is 145 cm³/mol. The Hall–Kier alpha value is -4.48. The number of methoxy groups -OCH3 is 1. The zero-order chi connectivity index (χ0) is 26.4. The number of piperazine rings is 1. The minimum Gasteiger partial charge on any atom is -0.495 e. The van der Waals surface area contributed by atoms with Gasteiger partial charge in [0.05, 0.1) is 30.8 Å². The molecule has 3 atom stereocenters. The third-order valence-corrected chi connectivity index (χ3v) is 7.37. The molecule has 6 rings (SSSR count). The number of para-hydroxylation sites is 1. The van der Waals surface area contributed by atoms with E-state index < -0.39 is 6.10 Å². The molecule has 4 aromatic rings. The summed E-state index contributed by atoms with van der Waals surface area (Å²) in [5, 5.41) is 10.0. The lowest BCUT2D eigenvalue weighted by molar-refractivity contribution is -0.132. The number of fused-ring (bicyclic) bond motifs is 2. The Bertz CT molecular complexity index is 1560. The lowest BCUT2D eigenvalue weighted by Gasteiger charge is -2.41. The molecule has 0 aliphatic carbocycles. The Kier molecular flexibility index (Phi) is 5.93. The maximum absolute atomic E-state index is 12.4. The number of hydrogen-bond acceptors (Lipinski definition) is 7. The SMILES string of the molecule is COc1c(-c2ccc(N3CC4OC(C)C(=O)N4[C@@H](C)C3)nc2)cnc2c(-c3ccc(C#N)cc3)cccc12. The summed E-state index contributed by atoms with van der Waals surface area (Å²) in [6, 6.07) is 19.7. The number of nitrogens with zero attached hydrogens (tertiary/aromatic N) is 5. The maximum Gasteiger partial charge on any atom is 0.253 e. The molecule has 0 radical (unpaired) electrons. The Morgan fingerprint density at radius 2 is 1.76 bits per heavy atom. The minimum atomic E-state index is -0.400. The van der Waals surface area contributed by atoms with Crippen molar-refractivity contribution in [1.82, 2.24) is 14.9 Å². The van der Waals surface area contributed by atoms with Gasteiger partial charge in [0.15, 0.2) is 6.23 Å². The Labute approximate surface area is 221 Å². The molecule has 2 aromatic heterocycles. The van der Waals surface area contributed by atoms with Gasteiger partial charge in [-0.05, 0) is 49.7 Å². The summed E-state index contributed by atoms with van der Waals surface area (Å²) in [7, 11) is 1.67. The summed E-state index contributed by atoms with van der Waals surface area (Å²) in [4.78, 5) is 26.0. The number of hydrogen-bond donors (Lipinski definition) is 0. The third kappa shape index (κ3) is 3.92. The van der Waals surface area contributed by atoms with E-state index in [0.717, 1.165) is 44.7 Å². The van der Waals surface area contributed by atoms with E-state index >= 15 is 0 Å². The lowest BCUT2D eigenvalue weighted by atomic mass is 9.98. The van der Waals surface area contributed by atoms with Gasteiger partial charge in [0, 0.05) is 47.1 Å². The number of anilines is 1. The molecule has 2 aromatic carbocycles. The number of aromatic nitrogens is 2. The van der Waals surface area contributed by atoms with Gasteiger partial charge in [-0.1, -0.05) is 24.3 Å². The van der Waals surface area contributed by atoms with Crippen LogP contribution in [0.25, 0.3) is 33.2 Å². The highest BCUT2D eigenvalue weighted by atomic mass is 16.5. The van der Waals surface area contributed by atoms with Crippen LogP contribution in [0.2, 0.25) is 0 Å². The number of carbonyl (C=O) groups is 1. The lowest BCUT2D eigenvalue weighted by Crippen LogP contribution is -2.57. The van der Waals surface area contributed by atoms with Gasteiger partial charge in [0.25, 0.3) is 5.91 Å². The van der Waals surface area contributed by atoms with Crippen molar-refractivity contribution in [2.75, 3.05) is 25.1 Å². The van der Waals surface area contributed by atoms with Gasteiger partial charge in [0.1, 0.15) is 17.7 Å². The number of rotatable bonds is 4. The first-order valence-corrected chi connectivity index (χ1v) is 12.6. The zero-order valence-electron chi connectivity index (χ0n) is 21.5. The van der Waals surface area contributed by atoms with Crippen LogP contribution in [0.3, 0.4) is 0 Å². The van der Waals surface area contributed by atoms with Crippen LogP contribution in [0.15, 0.2) is 67.0 Å². The van der Waals surface area contributed by atoms with Crippen LogP contribution in [0.5, 0.6) is 5.75 Å². The second-order valence-corrected chi connectivity index (χ2v) is 9.73. The molecule has 0 spiro atoms. The van der Waals surface area contributed by atoms with Gasteiger partial charge in [-0.25, -0.2) is 4.98 Å². The quantitative estimate of drug-likeness (QED) is 0.399. The van der Waals surface area contributed by atoms with Crippen molar-refractivity contribution in [3.63, 3.8) is 0 Å². The molecule has 0 saturated carbocycles. The van der Waals surface area contributed by atoms with E-state index in [1.807, 2.05) is 85.7 Å². The molecule has 1 amide bonds. The fourth-order valence-corrected chi connectivity index (χ4v) is 5.51. The Balaban J connectivity index is 1.31. The van der Waals surface area contributed by atoms with Gasteiger partial charge >= 0.3 is 0 Å².